The molecule has 2 aliphatic heterocycles. The summed E-state index contributed by atoms with van der Waals surface area (Å²) in [5.74, 6) is -0.317. The molecule has 0 spiro atoms. The van der Waals surface area contributed by atoms with Gasteiger partial charge in [-0.3, -0.25) is 4.79 Å². The molecule has 2 aliphatic rings. The van der Waals surface area contributed by atoms with E-state index in [0.29, 0.717) is 0 Å². The van der Waals surface area contributed by atoms with Crippen LogP contribution < -0.4 is 0 Å². The first-order valence-corrected chi connectivity index (χ1v) is 4.47. The molecule has 3 atom stereocenters. The Bertz CT molecular complexity index is 284. The Morgan fingerprint density at radius 3 is 2.62 bits per heavy atom. The summed E-state index contributed by atoms with van der Waals surface area (Å²) < 4.78 is 10.5. The molecule has 0 aliphatic carbocycles. The van der Waals surface area contributed by atoms with Crippen molar-refractivity contribution in [3.05, 3.63) is 12.2 Å². The largest absolute Gasteiger partial charge is 0.469 e. The van der Waals surface area contributed by atoms with Crippen LogP contribution in [0, 0.1) is 5.92 Å². The molecule has 0 aromatic carbocycles. The van der Waals surface area contributed by atoms with E-state index in [1.807, 2.05) is 26.0 Å². The zero-order valence-corrected chi connectivity index (χ0v) is 8.16. The highest BCUT2D eigenvalue weighted by molar-refractivity contribution is 5.75. The summed E-state index contributed by atoms with van der Waals surface area (Å²) >= 11 is 0. The first-order valence-electron chi connectivity index (χ1n) is 4.47. The highest BCUT2D eigenvalue weighted by Gasteiger charge is 2.56. The third kappa shape index (κ3) is 1.10. The highest BCUT2D eigenvalue weighted by Crippen LogP contribution is 2.49. The molecule has 1 saturated heterocycles. The minimum absolute atomic E-state index is 0.146. The Morgan fingerprint density at radius 1 is 1.54 bits per heavy atom. The molecule has 2 rings (SSSR count). The van der Waals surface area contributed by atoms with E-state index in [9.17, 15) is 4.79 Å². The molecule has 2 heterocycles. The minimum atomic E-state index is -0.443. The number of methoxy groups -OCH3 is 1. The molecule has 0 saturated carbocycles. The van der Waals surface area contributed by atoms with Gasteiger partial charge >= 0.3 is 5.97 Å². The average molecular weight is 182 g/mol. The number of hydrogen-bond donors (Lipinski definition) is 0. The van der Waals surface area contributed by atoms with Gasteiger partial charge in [-0.05, 0) is 20.3 Å². The van der Waals surface area contributed by atoms with E-state index in [1.54, 1.807) is 0 Å². The number of hydrogen-bond acceptors (Lipinski definition) is 3. The summed E-state index contributed by atoms with van der Waals surface area (Å²) in [7, 11) is 1.42. The van der Waals surface area contributed by atoms with Crippen LogP contribution in [-0.2, 0) is 14.3 Å². The van der Waals surface area contributed by atoms with Crippen molar-refractivity contribution in [3.63, 3.8) is 0 Å². The summed E-state index contributed by atoms with van der Waals surface area (Å²) in [6.07, 6.45) is 4.73. The Balaban J connectivity index is 2.27. The average Bonchev–Trinajstić information content (AvgIpc) is 2.51. The Labute approximate surface area is 77.7 Å². The van der Waals surface area contributed by atoms with Crippen LogP contribution in [0.5, 0.6) is 0 Å². The van der Waals surface area contributed by atoms with E-state index < -0.39 is 5.60 Å². The fourth-order valence-corrected chi connectivity index (χ4v) is 2.28. The van der Waals surface area contributed by atoms with Gasteiger partial charge in [0.1, 0.15) is 0 Å². The summed E-state index contributed by atoms with van der Waals surface area (Å²) in [6.45, 7) is 3.93. The minimum Gasteiger partial charge on any atom is -0.469 e. The summed E-state index contributed by atoms with van der Waals surface area (Å²) in [5.41, 5.74) is -0.699. The SMILES string of the molecule is COC(=O)[C@H]1C[C@@]2(C)C=C[C@]1(C)O2. The lowest BCUT2D eigenvalue weighted by Crippen LogP contribution is -2.34. The van der Waals surface area contributed by atoms with E-state index in [4.69, 9.17) is 9.47 Å². The van der Waals surface area contributed by atoms with Gasteiger partial charge in [0.2, 0.25) is 0 Å². The van der Waals surface area contributed by atoms with Gasteiger partial charge in [0.25, 0.3) is 0 Å². The number of ether oxygens (including phenoxy) is 2. The molecule has 0 radical (unpaired) electrons. The summed E-state index contributed by atoms with van der Waals surface area (Å²) in [6, 6.07) is 0. The van der Waals surface area contributed by atoms with Crippen molar-refractivity contribution in [2.75, 3.05) is 7.11 Å². The lowest BCUT2D eigenvalue weighted by molar-refractivity contribution is -0.149. The number of rotatable bonds is 1. The van der Waals surface area contributed by atoms with E-state index in [-0.39, 0.29) is 17.5 Å². The predicted octanol–water partition coefficient (Wildman–Crippen LogP) is 1.28. The monoisotopic (exact) mass is 182 g/mol. The molecule has 0 aromatic heterocycles. The maximum atomic E-state index is 11.4. The van der Waals surface area contributed by atoms with Gasteiger partial charge in [-0.1, -0.05) is 12.2 Å². The molecule has 0 amide bonds. The van der Waals surface area contributed by atoms with Crippen LogP contribution in [0.2, 0.25) is 0 Å². The van der Waals surface area contributed by atoms with Gasteiger partial charge in [0.15, 0.2) is 0 Å². The second-order valence-corrected chi connectivity index (χ2v) is 4.21. The second-order valence-electron chi connectivity index (χ2n) is 4.21. The van der Waals surface area contributed by atoms with Crippen LogP contribution in [0.1, 0.15) is 20.3 Å². The van der Waals surface area contributed by atoms with Crippen LogP contribution in [0.25, 0.3) is 0 Å². The molecule has 2 bridgehead atoms. The van der Waals surface area contributed by atoms with Crippen molar-refractivity contribution >= 4 is 5.97 Å². The topological polar surface area (TPSA) is 35.5 Å². The molecule has 1 fully saturated rings. The van der Waals surface area contributed by atoms with Crippen LogP contribution in [0.3, 0.4) is 0 Å². The number of carbonyl (C=O) groups is 1. The Morgan fingerprint density at radius 2 is 2.23 bits per heavy atom. The first-order chi connectivity index (χ1) is 5.99. The normalized spacial score (nSPS) is 46.8. The van der Waals surface area contributed by atoms with Crippen LogP contribution >= 0.6 is 0 Å². The third-order valence-corrected chi connectivity index (χ3v) is 3.01. The van der Waals surface area contributed by atoms with Gasteiger partial charge in [-0.2, -0.15) is 0 Å². The second kappa shape index (κ2) is 2.35. The summed E-state index contributed by atoms with van der Waals surface area (Å²) in [4.78, 5) is 11.4. The predicted molar refractivity (Wildman–Crippen MR) is 47.2 cm³/mol. The third-order valence-electron chi connectivity index (χ3n) is 3.01. The van der Waals surface area contributed by atoms with Gasteiger partial charge < -0.3 is 9.47 Å². The van der Waals surface area contributed by atoms with E-state index >= 15 is 0 Å². The van der Waals surface area contributed by atoms with Gasteiger partial charge in [0.05, 0.1) is 24.2 Å². The van der Waals surface area contributed by atoms with E-state index in [1.165, 1.54) is 7.11 Å². The van der Waals surface area contributed by atoms with Crippen molar-refractivity contribution < 1.29 is 14.3 Å². The number of esters is 1. The standard InChI is InChI=1S/C10H14O3/c1-9-4-5-10(2,13-9)7(6-9)8(11)12-3/h4-5,7H,6H2,1-3H3/t7-,9-,10+/m1/s1. The van der Waals surface area contributed by atoms with Crippen molar-refractivity contribution in [2.45, 2.75) is 31.5 Å². The summed E-state index contributed by atoms with van der Waals surface area (Å²) in [5, 5.41) is 0. The maximum absolute atomic E-state index is 11.4. The number of fused-ring (bicyclic) bond motifs is 2. The molecule has 0 aromatic rings. The molecular formula is C10H14O3. The fourth-order valence-electron chi connectivity index (χ4n) is 2.28. The van der Waals surface area contributed by atoms with Crippen molar-refractivity contribution in [2.24, 2.45) is 5.92 Å². The fraction of sp³-hybridized carbons (Fsp3) is 0.700. The molecule has 3 heteroatoms. The van der Waals surface area contributed by atoms with Gasteiger partial charge in [-0.25, -0.2) is 0 Å². The lowest BCUT2D eigenvalue weighted by Gasteiger charge is -2.23. The van der Waals surface area contributed by atoms with Crippen LogP contribution in [-0.4, -0.2) is 24.3 Å². The van der Waals surface area contributed by atoms with Crippen molar-refractivity contribution in [3.8, 4) is 0 Å². The van der Waals surface area contributed by atoms with E-state index in [2.05, 4.69) is 0 Å². The quantitative estimate of drug-likeness (QED) is 0.452. The van der Waals surface area contributed by atoms with Gasteiger partial charge in [0, 0.05) is 0 Å². The molecule has 0 unspecified atom stereocenters. The maximum Gasteiger partial charge on any atom is 0.312 e. The molecule has 0 N–H and O–H groups in total. The van der Waals surface area contributed by atoms with Crippen molar-refractivity contribution in [1.29, 1.82) is 0 Å². The van der Waals surface area contributed by atoms with Crippen LogP contribution in [0.4, 0.5) is 0 Å². The van der Waals surface area contributed by atoms with Gasteiger partial charge in [-0.15, -0.1) is 0 Å². The number of carbonyl (C=O) groups excluding carboxylic acids is 1. The zero-order chi connectivity index (χ0) is 9.69. The molecule has 13 heavy (non-hydrogen) atoms. The Kier molecular flexibility index (Phi) is 1.58. The lowest BCUT2D eigenvalue weighted by atomic mass is 9.80. The first kappa shape index (κ1) is 8.75. The van der Waals surface area contributed by atoms with Crippen LogP contribution in [0.15, 0.2) is 12.2 Å². The highest BCUT2D eigenvalue weighted by atomic mass is 16.6. The molecule has 3 nitrogen and oxygen atoms in total. The Hall–Kier alpha value is -0.830. The smallest absolute Gasteiger partial charge is 0.312 e. The van der Waals surface area contributed by atoms with Crippen molar-refractivity contribution in [1.82, 2.24) is 0 Å². The molecule has 72 valence electrons. The molecular weight excluding hydrogens is 168 g/mol. The van der Waals surface area contributed by atoms with E-state index in [0.717, 1.165) is 6.42 Å². The zero-order valence-electron chi connectivity index (χ0n) is 8.16.